The minimum atomic E-state index is -0.395. The van der Waals surface area contributed by atoms with Gasteiger partial charge in [0.1, 0.15) is 0 Å². The summed E-state index contributed by atoms with van der Waals surface area (Å²) < 4.78 is 0. The highest BCUT2D eigenvalue weighted by atomic mass is 35.5. The van der Waals surface area contributed by atoms with E-state index in [4.69, 9.17) is 11.6 Å². The number of halogens is 1. The molecule has 3 rings (SSSR count). The molecule has 0 spiro atoms. The molecule has 162 valence electrons. The van der Waals surface area contributed by atoms with Crippen LogP contribution in [-0.2, 0) is 17.6 Å². The van der Waals surface area contributed by atoms with Crippen molar-refractivity contribution in [1.29, 1.82) is 0 Å². The fourth-order valence-corrected chi connectivity index (χ4v) is 3.92. The van der Waals surface area contributed by atoms with Gasteiger partial charge in [0.25, 0.3) is 0 Å². The Morgan fingerprint density at radius 3 is 2.65 bits per heavy atom. The van der Waals surface area contributed by atoms with Crippen molar-refractivity contribution in [2.75, 3.05) is 10.6 Å². The lowest BCUT2D eigenvalue weighted by Crippen LogP contribution is -2.33. The lowest BCUT2D eigenvalue weighted by molar-refractivity contribution is -0.121. The van der Waals surface area contributed by atoms with Crippen molar-refractivity contribution in [3.8, 4) is 0 Å². The molecule has 1 heterocycles. The van der Waals surface area contributed by atoms with Crippen molar-refractivity contribution < 1.29 is 9.59 Å². The minimum Gasteiger partial charge on any atom is -0.354 e. The molecule has 3 amide bonds. The van der Waals surface area contributed by atoms with E-state index in [1.165, 1.54) is 16.9 Å². The van der Waals surface area contributed by atoms with Crippen LogP contribution in [0.25, 0.3) is 0 Å². The highest BCUT2D eigenvalue weighted by Crippen LogP contribution is 2.18. The molecule has 1 unspecified atom stereocenters. The number of benzene rings is 2. The molecule has 1 aromatic heterocycles. The van der Waals surface area contributed by atoms with Gasteiger partial charge in [-0.2, -0.15) is 0 Å². The Kier molecular flexibility index (Phi) is 8.44. The van der Waals surface area contributed by atoms with Gasteiger partial charge in [-0.3, -0.25) is 10.1 Å². The van der Waals surface area contributed by atoms with E-state index in [2.05, 4.69) is 33.1 Å². The van der Waals surface area contributed by atoms with Crippen LogP contribution in [0.15, 0.2) is 60.0 Å². The average Bonchev–Trinajstić information content (AvgIpc) is 3.18. The maximum Gasteiger partial charge on any atom is 0.325 e. The quantitative estimate of drug-likeness (QED) is 0.397. The van der Waals surface area contributed by atoms with Crippen LogP contribution in [0.2, 0.25) is 5.02 Å². The Bertz CT molecular complexity index is 1010. The second-order valence-corrected chi connectivity index (χ2v) is 8.52. The number of rotatable bonds is 9. The summed E-state index contributed by atoms with van der Waals surface area (Å²) in [6.45, 7) is 2.02. The van der Waals surface area contributed by atoms with Crippen LogP contribution >= 0.6 is 22.9 Å². The van der Waals surface area contributed by atoms with Crippen molar-refractivity contribution in [3.05, 3.63) is 76.3 Å². The number of nitrogens with one attached hydrogen (secondary N) is 3. The second kappa shape index (κ2) is 11.5. The number of anilines is 2. The first-order valence-electron chi connectivity index (χ1n) is 10.1. The van der Waals surface area contributed by atoms with Gasteiger partial charge in [-0.05, 0) is 49.9 Å². The van der Waals surface area contributed by atoms with Crippen LogP contribution in [0.4, 0.5) is 15.6 Å². The van der Waals surface area contributed by atoms with E-state index < -0.39 is 6.03 Å². The van der Waals surface area contributed by atoms with Crippen LogP contribution < -0.4 is 16.0 Å². The van der Waals surface area contributed by atoms with Gasteiger partial charge in [-0.25, -0.2) is 9.78 Å². The van der Waals surface area contributed by atoms with Crippen LogP contribution in [0.5, 0.6) is 0 Å². The van der Waals surface area contributed by atoms with Gasteiger partial charge in [-0.1, -0.05) is 48.0 Å². The lowest BCUT2D eigenvalue weighted by Gasteiger charge is -2.13. The number of urea groups is 1. The Balaban J connectivity index is 1.38. The van der Waals surface area contributed by atoms with Crippen LogP contribution in [0, 0.1) is 0 Å². The molecule has 0 bridgehead atoms. The minimum absolute atomic E-state index is 0.00164. The molecule has 1 atom stereocenters. The zero-order chi connectivity index (χ0) is 22.1. The average molecular weight is 457 g/mol. The van der Waals surface area contributed by atoms with Gasteiger partial charge in [0.2, 0.25) is 5.91 Å². The molecule has 3 aromatic rings. The number of aryl methyl sites for hydroxylation is 2. The molecule has 0 aliphatic heterocycles. The van der Waals surface area contributed by atoms with Crippen molar-refractivity contribution in [3.63, 3.8) is 0 Å². The van der Waals surface area contributed by atoms with Crippen LogP contribution in [0.3, 0.4) is 0 Å². The summed E-state index contributed by atoms with van der Waals surface area (Å²) in [4.78, 5) is 28.7. The van der Waals surface area contributed by atoms with Gasteiger partial charge in [-0.15, -0.1) is 11.3 Å². The van der Waals surface area contributed by atoms with Gasteiger partial charge in [0.15, 0.2) is 5.13 Å². The summed E-state index contributed by atoms with van der Waals surface area (Å²) in [5.41, 5.74) is 2.64. The number of nitrogens with zero attached hydrogens (tertiary/aromatic N) is 1. The lowest BCUT2D eigenvalue weighted by atomic mass is 10.1. The van der Waals surface area contributed by atoms with Gasteiger partial charge in [0.05, 0.1) is 5.69 Å². The molecule has 0 aliphatic rings. The molecule has 0 fully saturated rings. The van der Waals surface area contributed by atoms with E-state index in [-0.39, 0.29) is 11.9 Å². The van der Waals surface area contributed by atoms with Gasteiger partial charge in [0, 0.05) is 28.6 Å². The Morgan fingerprint density at radius 2 is 1.87 bits per heavy atom. The number of carbonyl (C=O) groups excluding carboxylic acids is 2. The van der Waals surface area contributed by atoms with Crippen molar-refractivity contribution in [2.24, 2.45) is 0 Å². The Labute approximate surface area is 191 Å². The molecule has 31 heavy (non-hydrogen) atoms. The van der Waals surface area contributed by atoms with E-state index in [0.29, 0.717) is 28.7 Å². The monoisotopic (exact) mass is 456 g/mol. The molecule has 8 heteroatoms. The normalized spacial score (nSPS) is 11.5. The topological polar surface area (TPSA) is 83.1 Å². The summed E-state index contributed by atoms with van der Waals surface area (Å²) in [5.74, 6) is 0.00164. The second-order valence-electron chi connectivity index (χ2n) is 7.23. The molecular formula is C23H25ClN4O2S. The SMILES string of the molecule is CC(CCc1ccccc1)NC(=O)CCc1csc(NC(=O)Nc2cccc(Cl)c2)n1. The summed E-state index contributed by atoms with van der Waals surface area (Å²) in [7, 11) is 0. The molecule has 3 N–H and O–H groups in total. The number of hydrogen-bond donors (Lipinski definition) is 3. The molecule has 6 nitrogen and oxygen atoms in total. The highest BCUT2D eigenvalue weighted by Gasteiger charge is 2.11. The largest absolute Gasteiger partial charge is 0.354 e. The predicted molar refractivity (Wildman–Crippen MR) is 127 cm³/mol. The number of thiazole rings is 1. The summed E-state index contributed by atoms with van der Waals surface area (Å²) >= 11 is 7.24. The third-order valence-electron chi connectivity index (χ3n) is 4.58. The Hall–Kier alpha value is -2.90. The molecule has 0 saturated carbocycles. The van der Waals surface area contributed by atoms with Crippen LogP contribution in [-0.4, -0.2) is 23.0 Å². The standard InChI is InChI=1S/C23H25ClN4O2S/c1-16(10-11-17-6-3-2-4-7-17)25-21(29)13-12-20-15-31-23(27-20)28-22(30)26-19-9-5-8-18(24)14-19/h2-9,14-16H,10-13H2,1H3,(H,25,29)(H2,26,27,28,30). The summed E-state index contributed by atoms with van der Waals surface area (Å²) in [6, 6.07) is 16.8. The van der Waals surface area contributed by atoms with E-state index in [0.717, 1.165) is 18.5 Å². The summed E-state index contributed by atoms with van der Waals surface area (Å²) in [6.07, 6.45) is 2.70. The predicted octanol–water partition coefficient (Wildman–Crippen LogP) is 5.51. The zero-order valence-corrected chi connectivity index (χ0v) is 18.8. The number of amides is 3. The molecular weight excluding hydrogens is 432 g/mol. The van der Waals surface area contributed by atoms with Crippen molar-refractivity contribution in [2.45, 2.75) is 38.6 Å². The van der Waals surface area contributed by atoms with E-state index in [1.54, 1.807) is 24.3 Å². The maximum atomic E-state index is 12.2. The first-order valence-corrected chi connectivity index (χ1v) is 11.3. The van der Waals surface area contributed by atoms with Gasteiger partial charge >= 0.3 is 6.03 Å². The third-order valence-corrected chi connectivity index (χ3v) is 5.62. The molecule has 2 aromatic carbocycles. The third kappa shape index (κ3) is 8.03. The van der Waals surface area contributed by atoms with E-state index in [1.807, 2.05) is 30.5 Å². The fraction of sp³-hybridized carbons (Fsp3) is 0.261. The number of carbonyl (C=O) groups is 2. The number of hydrogen-bond acceptors (Lipinski definition) is 4. The summed E-state index contributed by atoms with van der Waals surface area (Å²) in [5, 5.41) is 11.3. The van der Waals surface area contributed by atoms with Crippen molar-refractivity contribution in [1.82, 2.24) is 10.3 Å². The van der Waals surface area contributed by atoms with Gasteiger partial charge < -0.3 is 10.6 Å². The molecule has 0 radical (unpaired) electrons. The molecule has 0 aliphatic carbocycles. The zero-order valence-electron chi connectivity index (χ0n) is 17.2. The van der Waals surface area contributed by atoms with E-state index >= 15 is 0 Å². The van der Waals surface area contributed by atoms with Crippen LogP contribution in [0.1, 0.15) is 31.0 Å². The van der Waals surface area contributed by atoms with Crippen molar-refractivity contribution >= 4 is 45.7 Å². The smallest absolute Gasteiger partial charge is 0.325 e. The number of aromatic nitrogens is 1. The highest BCUT2D eigenvalue weighted by molar-refractivity contribution is 7.13. The maximum absolute atomic E-state index is 12.2. The Morgan fingerprint density at radius 1 is 1.06 bits per heavy atom. The van der Waals surface area contributed by atoms with E-state index in [9.17, 15) is 9.59 Å². The first-order chi connectivity index (χ1) is 15.0. The first kappa shape index (κ1) is 22.8. The molecule has 0 saturated heterocycles. The fourth-order valence-electron chi connectivity index (χ4n) is 2.99.